The van der Waals surface area contributed by atoms with Gasteiger partial charge in [-0.2, -0.15) is 0 Å². The molecule has 1 nitrogen and oxygen atoms in total. The summed E-state index contributed by atoms with van der Waals surface area (Å²) < 4.78 is 0.194. The largest absolute Gasteiger partial charge is 0.385 e. The molecule has 44 valence electrons. The van der Waals surface area contributed by atoms with E-state index in [1.165, 1.54) is 0 Å². The van der Waals surface area contributed by atoms with E-state index in [4.69, 9.17) is 5.73 Å². The first-order valence-electron chi connectivity index (χ1n) is 1.03. The molecule has 0 aromatic heterocycles. The fourth-order valence-electron chi connectivity index (χ4n) is 0. The van der Waals surface area contributed by atoms with Gasteiger partial charge in [-0.05, 0) is 21.4 Å². The van der Waals surface area contributed by atoms with Crippen molar-refractivity contribution in [2.45, 2.75) is 0 Å². The van der Waals surface area contributed by atoms with Gasteiger partial charge in [0.2, 0.25) is 0 Å². The highest BCUT2D eigenvalue weighted by molar-refractivity contribution is 8.38. The van der Waals surface area contributed by atoms with Crippen LogP contribution in [-0.2, 0) is 0 Å². The van der Waals surface area contributed by atoms with Crippen LogP contribution in [-0.4, -0.2) is 4.32 Å². The molecule has 7 heavy (non-hydrogen) atoms. The number of rotatable bonds is 0. The topological polar surface area (TPSA) is 26.0 Å². The molecule has 0 rings (SSSR count). The maximum absolute atomic E-state index is 4.71. The third kappa shape index (κ3) is 140. The van der Waals surface area contributed by atoms with Crippen LogP contribution in [0, 0.1) is 0 Å². The van der Waals surface area contributed by atoms with Gasteiger partial charge in [-0.15, -0.1) is 12.6 Å². The molecule has 0 atom stereocenters. The van der Waals surface area contributed by atoms with Crippen LogP contribution in [0.3, 0.4) is 0 Å². The lowest BCUT2D eigenvalue weighted by atomic mass is 11.5. The molecule has 6 heteroatoms. The van der Waals surface area contributed by atoms with Gasteiger partial charge < -0.3 is 5.73 Å². The molecule has 0 saturated heterocycles. The van der Waals surface area contributed by atoms with E-state index in [0.717, 1.165) is 0 Å². The van der Waals surface area contributed by atoms with Crippen LogP contribution in [0.2, 0.25) is 0 Å². The van der Waals surface area contributed by atoms with Crippen molar-refractivity contribution in [3.8, 4) is 0 Å². The van der Waals surface area contributed by atoms with Crippen LogP contribution in [0.1, 0.15) is 0 Å². The molecule has 0 amide bonds. The fraction of sp³-hybridized carbons (Fsp3) is 0. The number of nitrogens with two attached hydrogens (primary N) is 1. The highest BCUT2D eigenvalue weighted by Crippen LogP contribution is 2.08. The summed E-state index contributed by atoms with van der Waals surface area (Å²) in [5, 5.41) is 0. The van der Waals surface area contributed by atoms with Crippen LogP contribution >= 0.6 is 56.4 Å². The predicted octanol–water partition coefficient (Wildman–Crippen LogP) is 2.19. The van der Waals surface area contributed by atoms with Gasteiger partial charge in [-0.3, -0.25) is 0 Å². The van der Waals surface area contributed by atoms with Crippen molar-refractivity contribution in [3.05, 3.63) is 0 Å². The minimum atomic E-state index is 0.194. The average molecular weight is 196 g/mol. The molecule has 0 saturated carbocycles. The van der Waals surface area contributed by atoms with E-state index in [1.807, 2.05) is 0 Å². The Labute approximate surface area is 66.3 Å². The highest BCUT2D eigenvalue weighted by Gasteiger charge is 1.55. The summed E-state index contributed by atoms with van der Waals surface area (Å²) >= 11 is 7.65. The summed E-state index contributed by atoms with van der Waals surface area (Å²) in [6, 6.07) is 0. The van der Waals surface area contributed by atoms with Crippen molar-refractivity contribution in [2.24, 2.45) is 5.73 Å². The summed E-state index contributed by atoms with van der Waals surface area (Å²) in [7, 11) is 10.1. The lowest BCUT2D eigenvalue weighted by molar-refractivity contribution is 1.91. The normalized spacial score (nSPS) is 6.14. The molecule has 0 spiro atoms. The van der Waals surface area contributed by atoms with Crippen LogP contribution < -0.4 is 5.73 Å². The van der Waals surface area contributed by atoms with E-state index in [9.17, 15) is 0 Å². The molecule has 0 heterocycles. The first-order valence-corrected chi connectivity index (χ1v) is 4.35. The molecule has 0 aromatic carbocycles. The minimum Gasteiger partial charge on any atom is -0.385 e. The van der Waals surface area contributed by atoms with Gasteiger partial charge in [0.1, 0.15) is 4.32 Å². The Hall–Kier alpha value is 1.17. The Morgan fingerprint density at radius 2 is 1.71 bits per heavy atom. The molecule has 0 aliphatic carbocycles. The van der Waals surface area contributed by atoms with Crippen molar-refractivity contribution >= 4 is 60.7 Å². The quantitative estimate of drug-likeness (QED) is 0.459. The number of halogens is 2. The van der Waals surface area contributed by atoms with Crippen LogP contribution in [0.25, 0.3) is 0 Å². The van der Waals surface area contributed by atoms with Gasteiger partial charge in [0.25, 0.3) is 0 Å². The summed E-state index contributed by atoms with van der Waals surface area (Å²) in [5.74, 6) is 0. The zero-order valence-electron chi connectivity index (χ0n) is 3.10. The van der Waals surface area contributed by atoms with Gasteiger partial charge in [0.05, 0.1) is 10.2 Å². The molecule has 0 fully saturated rings. The molecule has 0 bridgehead atoms. The van der Waals surface area contributed by atoms with Crippen LogP contribution in [0.4, 0.5) is 0 Å². The zero-order valence-corrected chi connectivity index (χ0v) is 7.14. The lowest BCUT2D eigenvalue weighted by Gasteiger charge is -1.64. The number of hydrogen-bond acceptors (Lipinski definition) is 2. The SMILES string of the molecule is ClSCl.NC(=S)S. The molecule has 0 aliphatic rings. The van der Waals surface area contributed by atoms with Crippen molar-refractivity contribution < 1.29 is 0 Å². The van der Waals surface area contributed by atoms with E-state index in [1.54, 1.807) is 0 Å². The van der Waals surface area contributed by atoms with Crippen LogP contribution in [0.15, 0.2) is 0 Å². The molecular formula is CH3Cl2NS3. The number of thiocarbonyl (C=S) groups is 1. The second-order valence-electron chi connectivity index (χ2n) is 0.397. The lowest BCUT2D eigenvalue weighted by Crippen LogP contribution is -1.94. The van der Waals surface area contributed by atoms with Crippen molar-refractivity contribution in [3.63, 3.8) is 0 Å². The standard InChI is InChI=1S/CH3NS2.Cl2S/c2-1(3)4;1-3-2/h(H3,2,3,4);. The third-order valence-corrected chi connectivity index (χ3v) is 0. The van der Waals surface area contributed by atoms with Gasteiger partial charge in [0, 0.05) is 0 Å². The minimum absolute atomic E-state index is 0.194. The fourth-order valence-corrected chi connectivity index (χ4v) is 0. The summed E-state index contributed by atoms with van der Waals surface area (Å²) in [5.41, 5.74) is 4.71. The molecule has 0 unspecified atom stereocenters. The van der Waals surface area contributed by atoms with Gasteiger partial charge in [-0.1, -0.05) is 12.2 Å². The van der Waals surface area contributed by atoms with Crippen molar-refractivity contribution in [2.75, 3.05) is 0 Å². The van der Waals surface area contributed by atoms with Crippen molar-refractivity contribution in [1.29, 1.82) is 0 Å². The Morgan fingerprint density at radius 3 is 1.71 bits per heavy atom. The first kappa shape index (κ1) is 11.0. The van der Waals surface area contributed by atoms with E-state index in [0.29, 0.717) is 10.2 Å². The summed E-state index contributed by atoms with van der Waals surface area (Å²) in [4.78, 5) is 0. The van der Waals surface area contributed by atoms with Gasteiger partial charge in [0.15, 0.2) is 0 Å². The van der Waals surface area contributed by atoms with E-state index in [2.05, 4.69) is 46.2 Å². The van der Waals surface area contributed by atoms with Crippen molar-refractivity contribution in [1.82, 2.24) is 0 Å². The second-order valence-corrected chi connectivity index (χ2v) is 3.14. The van der Waals surface area contributed by atoms with Gasteiger partial charge >= 0.3 is 0 Å². The van der Waals surface area contributed by atoms with E-state index >= 15 is 0 Å². The summed E-state index contributed by atoms with van der Waals surface area (Å²) in [6.07, 6.45) is 0. The molecular weight excluding hydrogens is 193 g/mol. The third-order valence-electron chi connectivity index (χ3n) is 0. The first-order chi connectivity index (χ1) is 3.15. The van der Waals surface area contributed by atoms with Crippen LogP contribution in [0.5, 0.6) is 0 Å². The Balaban J connectivity index is 0. The second kappa shape index (κ2) is 10.2. The van der Waals surface area contributed by atoms with E-state index in [-0.39, 0.29) is 4.32 Å². The smallest absolute Gasteiger partial charge is 0.128 e. The van der Waals surface area contributed by atoms with Gasteiger partial charge in [-0.25, -0.2) is 0 Å². The Kier molecular flexibility index (Phi) is 16.1. The maximum Gasteiger partial charge on any atom is 0.128 e. The summed E-state index contributed by atoms with van der Waals surface area (Å²) in [6.45, 7) is 0. The predicted molar refractivity (Wildman–Crippen MR) is 45.1 cm³/mol. The maximum atomic E-state index is 4.71. The zero-order chi connectivity index (χ0) is 6.28. The molecule has 0 aliphatic heterocycles. The molecule has 0 aromatic rings. The number of thiol groups is 1. The number of hydrogen-bond donors (Lipinski definition) is 2. The Bertz CT molecular complexity index is 44.2. The highest BCUT2D eigenvalue weighted by atomic mass is 36.0. The monoisotopic (exact) mass is 195 g/mol. The van der Waals surface area contributed by atoms with E-state index < -0.39 is 0 Å². The molecule has 2 N–H and O–H groups in total. The Morgan fingerprint density at radius 1 is 1.71 bits per heavy atom. The average Bonchev–Trinajstić information content (AvgIpc) is 1.33. The molecule has 0 radical (unpaired) electrons.